The lowest BCUT2D eigenvalue weighted by Gasteiger charge is -2.16. The van der Waals surface area contributed by atoms with E-state index in [1.165, 1.54) is 86.9 Å². The lowest BCUT2D eigenvalue weighted by atomic mass is 9.87. The van der Waals surface area contributed by atoms with Gasteiger partial charge in [0.15, 0.2) is 0 Å². The van der Waals surface area contributed by atoms with E-state index in [1.807, 2.05) is 0 Å². The SMILES string of the molecule is c1ccc2c(c1)cc(-c1ccc(-c3cc4c5ccccc5c5ccccc5c4c4ccccc34)cc1)c1ccccc12. The van der Waals surface area contributed by atoms with Gasteiger partial charge >= 0.3 is 0 Å². The second-order valence-corrected chi connectivity index (χ2v) is 11.3. The Morgan fingerprint density at radius 2 is 0.595 bits per heavy atom. The number of fused-ring (bicyclic) bond motifs is 11. The number of hydrogen-bond acceptors (Lipinski definition) is 0. The predicted octanol–water partition coefficient (Wildman–Crippen LogP) is 11.9. The first kappa shape index (κ1) is 23.3. The van der Waals surface area contributed by atoms with Crippen LogP contribution in [0.5, 0.6) is 0 Å². The van der Waals surface area contributed by atoms with Crippen LogP contribution in [-0.2, 0) is 0 Å². The minimum Gasteiger partial charge on any atom is -0.0616 e. The molecule has 9 rings (SSSR count). The molecule has 0 heterocycles. The normalized spacial score (nSPS) is 11.8. The van der Waals surface area contributed by atoms with Crippen molar-refractivity contribution in [3.05, 3.63) is 158 Å². The molecule has 0 nitrogen and oxygen atoms in total. The summed E-state index contributed by atoms with van der Waals surface area (Å²) in [6.45, 7) is 0. The van der Waals surface area contributed by atoms with E-state index < -0.39 is 0 Å². The van der Waals surface area contributed by atoms with Crippen molar-refractivity contribution in [3.63, 3.8) is 0 Å². The number of benzene rings is 9. The van der Waals surface area contributed by atoms with Gasteiger partial charge in [-0.05, 0) is 99.0 Å². The van der Waals surface area contributed by atoms with Gasteiger partial charge in [0, 0.05) is 0 Å². The van der Waals surface area contributed by atoms with Crippen molar-refractivity contribution in [3.8, 4) is 22.3 Å². The summed E-state index contributed by atoms with van der Waals surface area (Å²) in [5.74, 6) is 0. The molecule has 0 saturated carbocycles. The summed E-state index contributed by atoms with van der Waals surface area (Å²) in [7, 11) is 0. The molecule has 42 heavy (non-hydrogen) atoms. The number of hydrogen-bond donors (Lipinski definition) is 0. The molecule has 0 saturated heterocycles. The van der Waals surface area contributed by atoms with Crippen molar-refractivity contribution >= 4 is 64.6 Å². The molecule has 0 aliphatic rings. The third-order valence-electron chi connectivity index (χ3n) is 9.02. The average molecular weight is 531 g/mol. The fourth-order valence-corrected chi connectivity index (χ4v) is 7.13. The first-order valence-corrected chi connectivity index (χ1v) is 14.6. The van der Waals surface area contributed by atoms with Crippen LogP contribution in [0.1, 0.15) is 0 Å². The van der Waals surface area contributed by atoms with Crippen LogP contribution in [0.15, 0.2) is 158 Å². The Morgan fingerprint density at radius 1 is 0.238 bits per heavy atom. The molecule has 0 aliphatic carbocycles. The van der Waals surface area contributed by atoms with Crippen molar-refractivity contribution in [2.45, 2.75) is 0 Å². The quantitative estimate of drug-likeness (QED) is 0.195. The smallest absolute Gasteiger partial charge is 0.00199 e. The number of rotatable bonds is 2. The highest BCUT2D eigenvalue weighted by molar-refractivity contribution is 6.33. The maximum atomic E-state index is 2.42. The second-order valence-electron chi connectivity index (χ2n) is 11.3. The molecule has 0 atom stereocenters. The zero-order valence-corrected chi connectivity index (χ0v) is 23.0. The molecule has 0 heteroatoms. The summed E-state index contributed by atoms with van der Waals surface area (Å²) in [4.78, 5) is 0. The van der Waals surface area contributed by atoms with E-state index in [0.717, 1.165) is 0 Å². The highest BCUT2D eigenvalue weighted by Crippen LogP contribution is 2.43. The van der Waals surface area contributed by atoms with E-state index in [2.05, 4.69) is 158 Å². The minimum absolute atomic E-state index is 1.24. The van der Waals surface area contributed by atoms with Crippen molar-refractivity contribution in [2.24, 2.45) is 0 Å². The van der Waals surface area contributed by atoms with Gasteiger partial charge in [0.25, 0.3) is 0 Å². The molecule has 0 aromatic heterocycles. The van der Waals surface area contributed by atoms with Gasteiger partial charge in [-0.3, -0.25) is 0 Å². The van der Waals surface area contributed by atoms with E-state index in [4.69, 9.17) is 0 Å². The first-order valence-electron chi connectivity index (χ1n) is 14.6. The minimum atomic E-state index is 1.24. The monoisotopic (exact) mass is 530 g/mol. The highest BCUT2D eigenvalue weighted by atomic mass is 14.2. The van der Waals surface area contributed by atoms with Crippen molar-refractivity contribution in [2.75, 3.05) is 0 Å². The molecule has 0 spiro atoms. The Labute approximate surface area is 244 Å². The maximum absolute atomic E-state index is 2.42. The Bertz CT molecular complexity index is 2500. The third-order valence-corrected chi connectivity index (χ3v) is 9.02. The molecule has 9 aromatic rings. The van der Waals surface area contributed by atoms with Gasteiger partial charge in [-0.15, -0.1) is 0 Å². The van der Waals surface area contributed by atoms with Gasteiger partial charge in [0.1, 0.15) is 0 Å². The summed E-state index contributed by atoms with van der Waals surface area (Å²) in [6, 6.07) is 58.0. The second kappa shape index (κ2) is 9.03. The highest BCUT2D eigenvalue weighted by Gasteiger charge is 2.15. The molecule has 0 unspecified atom stereocenters. The summed E-state index contributed by atoms with van der Waals surface area (Å²) in [5.41, 5.74) is 5.02. The van der Waals surface area contributed by atoms with Crippen molar-refractivity contribution in [1.82, 2.24) is 0 Å². The molecular weight excluding hydrogens is 504 g/mol. The molecule has 0 bridgehead atoms. The lowest BCUT2D eigenvalue weighted by Crippen LogP contribution is -1.89. The van der Waals surface area contributed by atoms with Gasteiger partial charge in [-0.2, -0.15) is 0 Å². The topological polar surface area (TPSA) is 0 Å². The molecule has 9 aromatic carbocycles. The lowest BCUT2D eigenvalue weighted by molar-refractivity contribution is 1.64. The Kier molecular flexibility index (Phi) is 5.00. The molecule has 194 valence electrons. The zero-order chi connectivity index (χ0) is 27.6. The van der Waals surface area contributed by atoms with Crippen LogP contribution in [0, 0.1) is 0 Å². The maximum Gasteiger partial charge on any atom is -0.00199 e. The van der Waals surface area contributed by atoms with Gasteiger partial charge < -0.3 is 0 Å². The fourth-order valence-electron chi connectivity index (χ4n) is 7.13. The van der Waals surface area contributed by atoms with E-state index in [-0.39, 0.29) is 0 Å². The van der Waals surface area contributed by atoms with E-state index in [9.17, 15) is 0 Å². The van der Waals surface area contributed by atoms with Crippen molar-refractivity contribution < 1.29 is 0 Å². The Hall–Kier alpha value is -5.46. The van der Waals surface area contributed by atoms with Crippen LogP contribution in [0.2, 0.25) is 0 Å². The molecule has 0 fully saturated rings. The van der Waals surface area contributed by atoms with Crippen LogP contribution in [-0.4, -0.2) is 0 Å². The summed E-state index contributed by atoms with van der Waals surface area (Å²) in [6.07, 6.45) is 0. The molecular formula is C42H26. The van der Waals surface area contributed by atoms with Gasteiger partial charge in [0.2, 0.25) is 0 Å². The average Bonchev–Trinajstić information content (AvgIpc) is 3.07. The van der Waals surface area contributed by atoms with Crippen molar-refractivity contribution in [1.29, 1.82) is 0 Å². The molecule has 0 radical (unpaired) electrons. The first-order chi connectivity index (χ1) is 20.8. The van der Waals surface area contributed by atoms with E-state index in [0.29, 0.717) is 0 Å². The zero-order valence-electron chi connectivity index (χ0n) is 23.0. The Balaban J connectivity index is 1.30. The predicted molar refractivity (Wildman–Crippen MR) is 182 cm³/mol. The van der Waals surface area contributed by atoms with Crippen LogP contribution in [0.25, 0.3) is 86.9 Å². The standard InChI is InChI=1S/C42H26/c1-2-12-30-29(11-1)25-39(34-16-5-3-13-31(30)34)27-21-23-28(24-22-27)40-26-41-35-17-6-4-14-32(35)33-15-7-9-19-37(33)42(41)38-20-10-8-18-36(38)40/h1-26H. The summed E-state index contributed by atoms with van der Waals surface area (Å²) >= 11 is 0. The van der Waals surface area contributed by atoms with E-state index >= 15 is 0 Å². The van der Waals surface area contributed by atoms with Gasteiger partial charge in [0.05, 0.1) is 0 Å². The molecule has 0 amide bonds. The van der Waals surface area contributed by atoms with Crippen LogP contribution in [0.3, 0.4) is 0 Å². The fraction of sp³-hybridized carbons (Fsp3) is 0. The van der Waals surface area contributed by atoms with E-state index in [1.54, 1.807) is 0 Å². The third kappa shape index (κ3) is 3.36. The van der Waals surface area contributed by atoms with Crippen LogP contribution in [0.4, 0.5) is 0 Å². The van der Waals surface area contributed by atoms with Gasteiger partial charge in [-0.1, -0.05) is 146 Å². The summed E-state index contributed by atoms with van der Waals surface area (Å²) in [5, 5.41) is 15.6. The van der Waals surface area contributed by atoms with Crippen LogP contribution < -0.4 is 0 Å². The largest absolute Gasteiger partial charge is 0.0616 e. The summed E-state index contributed by atoms with van der Waals surface area (Å²) < 4.78 is 0. The molecule has 0 aliphatic heterocycles. The van der Waals surface area contributed by atoms with Crippen LogP contribution >= 0.6 is 0 Å². The Morgan fingerprint density at radius 3 is 1.19 bits per heavy atom. The van der Waals surface area contributed by atoms with Gasteiger partial charge in [-0.25, -0.2) is 0 Å². The molecule has 0 N–H and O–H groups in total.